The topological polar surface area (TPSA) is 53.8 Å². The van der Waals surface area contributed by atoms with Crippen molar-refractivity contribution in [1.82, 2.24) is 9.80 Å². The van der Waals surface area contributed by atoms with E-state index in [-0.39, 0.29) is 16.7 Å². The average Bonchev–Trinajstić information content (AvgIpc) is 3.32. The zero-order valence-corrected chi connectivity index (χ0v) is 15.8. The Labute approximate surface area is 161 Å². The summed E-state index contributed by atoms with van der Waals surface area (Å²) in [5.41, 5.74) is 0.619. The standard InChI is InChI=1S/C19H19ClN2O3S/c20-15-4-1-3-14(13-15)17(23)22-10-12-26-19(22)6-8-21(9-7-19)18(24)16-5-2-11-25-16/h1-5,11,13H,6-10,12H2. The lowest BCUT2D eigenvalue weighted by atomic mass is 10.0. The van der Waals surface area contributed by atoms with Crippen LogP contribution in [0.15, 0.2) is 47.1 Å². The molecule has 1 aromatic heterocycles. The molecule has 0 atom stereocenters. The third-order valence-electron chi connectivity index (χ3n) is 5.06. The van der Waals surface area contributed by atoms with Crippen molar-refractivity contribution >= 4 is 35.2 Å². The summed E-state index contributed by atoms with van der Waals surface area (Å²) in [6, 6.07) is 10.5. The Morgan fingerprint density at radius 1 is 1.08 bits per heavy atom. The molecule has 26 heavy (non-hydrogen) atoms. The summed E-state index contributed by atoms with van der Waals surface area (Å²) in [6.07, 6.45) is 3.03. The van der Waals surface area contributed by atoms with Gasteiger partial charge in [-0.15, -0.1) is 11.8 Å². The van der Waals surface area contributed by atoms with Gasteiger partial charge < -0.3 is 14.2 Å². The predicted molar refractivity (Wildman–Crippen MR) is 102 cm³/mol. The Morgan fingerprint density at radius 2 is 1.88 bits per heavy atom. The number of hydrogen-bond acceptors (Lipinski definition) is 4. The average molecular weight is 391 g/mol. The molecular weight excluding hydrogens is 372 g/mol. The summed E-state index contributed by atoms with van der Waals surface area (Å²) in [7, 11) is 0. The molecule has 0 radical (unpaired) electrons. The van der Waals surface area contributed by atoms with Crippen molar-refractivity contribution in [3.8, 4) is 0 Å². The van der Waals surface area contributed by atoms with Crippen LogP contribution in [0, 0.1) is 0 Å². The van der Waals surface area contributed by atoms with Gasteiger partial charge in [0.05, 0.1) is 11.1 Å². The molecule has 4 rings (SSSR count). The van der Waals surface area contributed by atoms with Crippen LogP contribution in [0.5, 0.6) is 0 Å². The first-order chi connectivity index (χ1) is 12.6. The van der Waals surface area contributed by atoms with E-state index in [0.717, 1.165) is 25.1 Å². The minimum Gasteiger partial charge on any atom is -0.459 e. The first kappa shape index (κ1) is 17.5. The van der Waals surface area contributed by atoms with Crippen LogP contribution in [0.25, 0.3) is 0 Å². The van der Waals surface area contributed by atoms with Gasteiger partial charge in [-0.25, -0.2) is 0 Å². The molecule has 0 saturated carbocycles. The second-order valence-electron chi connectivity index (χ2n) is 6.53. The molecule has 0 aliphatic carbocycles. The first-order valence-corrected chi connectivity index (χ1v) is 10.00. The molecule has 2 aromatic rings. The van der Waals surface area contributed by atoms with E-state index in [1.807, 2.05) is 21.6 Å². The van der Waals surface area contributed by atoms with E-state index in [2.05, 4.69) is 0 Å². The number of amides is 2. The van der Waals surface area contributed by atoms with Crippen molar-refractivity contribution in [1.29, 1.82) is 0 Å². The van der Waals surface area contributed by atoms with Crippen molar-refractivity contribution in [3.63, 3.8) is 0 Å². The van der Waals surface area contributed by atoms with Crippen LogP contribution in [-0.4, -0.2) is 51.9 Å². The van der Waals surface area contributed by atoms with Gasteiger partial charge in [0.2, 0.25) is 0 Å². The van der Waals surface area contributed by atoms with Crippen LogP contribution in [-0.2, 0) is 0 Å². The Hall–Kier alpha value is -1.92. The molecule has 2 aliphatic heterocycles. The van der Waals surface area contributed by atoms with E-state index < -0.39 is 0 Å². The molecule has 2 aliphatic rings. The van der Waals surface area contributed by atoms with Crippen molar-refractivity contribution in [3.05, 3.63) is 59.0 Å². The van der Waals surface area contributed by atoms with E-state index in [9.17, 15) is 9.59 Å². The van der Waals surface area contributed by atoms with E-state index in [1.54, 1.807) is 36.4 Å². The number of furan rings is 1. The molecule has 2 fully saturated rings. The summed E-state index contributed by atoms with van der Waals surface area (Å²) in [5, 5.41) is 0.565. The molecule has 1 aromatic carbocycles. The SMILES string of the molecule is O=C(c1ccco1)N1CCC2(CC1)SCCN2C(=O)c1cccc(Cl)c1. The third kappa shape index (κ3) is 3.12. The fourth-order valence-electron chi connectivity index (χ4n) is 3.70. The van der Waals surface area contributed by atoms with Crippen LogP contribution < -0.4 is 0 Å². The van der Waals surface area contributed by atoms with Gasteiger partial charge in [-0.2, -0.15) is 0 Å². The van der Waals surface area contributed by atoms with Crippen molar-refractivity contribution in [2.75, 3.05) is 25.4 Å². The number of likely N-dealkylation sites (tertiary alicyclic amines) is 1. The summed E-state index contributed by atoms with van der Waals surface area (Å²) >= 11 is 7.87. The van der Waals surface area contributed by atoms with Crippen LogP contribution in [0.3, 0.4) is 0 Å². The molecule has 7 heteroatoms. The molecule has 136 valence electrons. The minimum atomic E-state index is -0.237. The van der Waals surface area contributed by atoms with Crippen molar-refractivity contribution < 1.29 is 14.0 Å². The monoisotopic (exact) mass is 390 g/mol. The smallest absolute Gasteiger partial charge is 0.289 e. The van der Waals surface area contributed by atoms with Crippen molar-refractivity contribution in [2.45, 2.75) is 17.7 Å². The zero-order valence-electron chi connectivity index (χ0n) is 14.2. The normalized spacial score (nSPS) is 19.1. The van der Waals surface area contributed by atoms with Gasteiger partial charge >= 0.3 is 0 Å². The van der Waals surface area contributed by atoms with E-state index in [1.165, 1.54) is 6.26 Å². The number of rotatable bonds is 2. The zero-order chi connectivity index (χ0) is 18.1. The fourth-order valence-corrected chi connectivity index (χ4v) is 5.35. The summed E-state index contributed by atoms with van der Waals surface area (Å²) in [6.45, 7) is 1.96. The molecule has 1 spiro atoms. The van der Waals surface area contributed by atoms with Crippen LogP contribution in [0.1, 0.15) is 33.8 Å². The number of carbonyl (C=O) groups excluding carboxylic acids is 2. The maximum absolute atomic E-state index is 13.0. The Bertz CT molecular complexity index is 816. The van der Waals surface area contributed by atoms with Gasteiger partial charge in [0.1, 0.15) is 0 Å². The highest BCUT2D eigenvalue weighted by atomic mass is 35.5. The Balaban J connectivity index is 1.48. The number of halogens is 1. The van der Waals surface area contributed by atoms with Gasteiger partial charge in [-0.3, -0.25) is 9.59 Å². The largest absolute Gasteiger partial charge is 0.459 e. The van der Waals surface area contributed by atoms with Gasteiger partial charge in [-0.1, -0.05) is 17.7 Å². The first-order valence-electron chi connectivity index (χ1n) is 8.63. The molecule has 2 amide bonds. The van der Waals surface area contributed by atoms with Gasteiger partial charge in [-0.05, 0) is 43.2 Å². The van der Waals surface area contributed by atoms with Gasteiger partial charge in [0.15, 0.2) is 5.76 Å². The molecule has 3 heterocycles. The fraction of sp³-hybridized carbons (Fsp3) is 0.368. The quantitative estimate of drug-likeness (QED) is 0.783. The second-order valence-corrected chi connectivity index (χ2v) is 8.42. The van der Waals surface area contributed by atoms with Crippen LogP contribution >= 0.6 is 23.4 Å². The van der Waals surface area contributed by atoms with E-state index in [0.29, 0.717) is 29.4 Å². The van der Waals surface area contributed by atoms with Gasteiger partial charge in [0.25, 0.3) is 11.8 Å². The van der Waals surface area contributed by atoms with Crippen LogP contribution in [0.4, 0.5) is 0 Å². The van der Waals surface area contributed by atoms with Gasteiger partial charge in [0, 0.05) is 36.0 Å². The lowest BCUT2D eigenvalue weighted by molar-refractivity contribution is 0.0483. The summed E-state index contributed by atoms with van der Waals surface area (Å²) in [5.74, 6) is 1.22. The highest BCUT2D eigenvalue weighted by molar-refractivity contribution is 8.00. The number of piperidine rings is 1. The maximum atomic E-state index is 13.0. The highest BCUT2D eigenvalue weighted by Crippen LogP contribution is 2.44. The number of nitrogens with zero attached hydrogens (tertiary/aromatic N) is 2. The highest BCUT2D eigenvalue weighted by Gasteiger charge is 2.47. The Morgan fingerprint density at radius 3 is 2.58 bits per heavy atom. The molecule has 0 N–H and O–H groups in total. The molecule has 5 nitrogen and oxygen atoms in total. The maximum Gasteiger partial charge on any atom is 0.289 e. The van der Waals surface area contributed by atoms with Crippen molar-refractivity contribution in [2.24, 2.45) is 0 Å². The Kier molecular flexibility index (Phi) is 4.71. The lowest BCUT2D eigenvalue weighted by Gasteiger charge is -2.44. The van der Waals surface area contributed by atoms with E-state index >= 15 is 0 Å². The van der Waals surface area contributed by atoms with E-state index in [4.69, 9.17) is 16.0 Å². The van der Waals surface area contributed by atoms with Crippen LogP contribution in [0.2, 0.25) is 5.02 Å². The molecular formula is C19H19ClN2O3S. The number of hydrogen-bond donors (Lipinski definition) is 0. The predicted octanol–water partition coefficient (Wildman–Crippen LogP) is 3.75. The summed E-state index contributed by atoms with van der Waals surface area (Å²) < 4.78 is 5.22. The molecule has 0 unspecified atom stereocenters. The number of thioether (sulfide) groups is 1. The summed E-state index contributed by atoms with van der Waals surface area (Å²) in [4.78, 5) is 29.0. The lowest BCUT2D eigenvalue weighted by Crippen LogP contribution is -2.53. The molecule has 0 bridgehead atoms. The number of carbonyl (C=O) groups is 2. The third-order valence-corrected chi connectivity index (χ3v) is 6.85. The number of benzene rings is 1. The minimum absolute atomic E-state index is 0.0170. The molecule has 2 saturated heterocycles. The second kappa shape index (κ2) is 7.00.